The van der Waals surface area contributed by atoms with Crippen molar-refractivity contribution in [1.82, 2.24) is 0 Å². The molecular weight excluding hydrogens is 224 g/mol. The Morgan fingerprint density at radius 1 is 1.33 bits per heavy atom. The normalized spacial score (nSPS) is 20.4. The highest BCUT2D eigenvalue weighted by molar-refractivity contribution is 5.90. The van der Waals surface area contributed by atoms with Crippen LogP contribution in [-0.2, 0) is 4.79 Å². The van der Waals surface area contributed by atoms with Gasteiger partial charge in [0.05, 0.1) is 0 Å². The second kappa shape index (κ2) is 5.67. The summed E-state index contributed by atoms with van der Waals surface area (Å²) in [5.41, 5.74) is 2.66. The molecule has 1 unspecified atom stereocenters. The van der Waals surface area contributed by atoms with Crippen molar-refractivity contribution in [2.45, 2.75) is 32.1 Å². The van der Waals surface area contributed by atoms with Gasteiger partial charge in [-0.15, -0.1) is 0 Å². The number of hydrogen-bond acceptors (Lipinski definition) is 1. The third kappa shape index (κ3) is 2.53. The van der Waals surface area contributed by atoms with Crippen LogP contribution in [0.4, 0.5) is 0 Å². The van der Waals surface area contributed by atoms with Gasteiger partial charge >= 0.3 is 5.97 Å². The maximum absolute atomic E-state index is 11.5. The Morgan fingerprint density at radius 3 is 2.67 bits per heavy atom. The largest absolute Gasteiger partial charge is 0.478 e. The summed E-state index contributed by atoms with van der Waals surface area (Å²) < 4.78 is 0. The molecule has 1 aromatic rings. The van der Waals surface area contributed by atoms with Crippen molar-refractivity contribution in [2.24, 2.45) is 0 Å². The molecule has 0 fully saturated rings. The summed E-state index contributed by atoms with van der Waals surface area (Å²) >= 11 is 0. The van der Waals surface area contributed by atoms with E-state index in [1.165, 1.54) is 0 Å². The Hall–Kier alpha value is -1.83. The number of allylic oxidation sites excluding steroid dienone is 3. The van der Waals surface area contributed by atoms with Crippen LogP contribution in [0.2, 0.25) is 0 Å². The maximum Gasteiger partial charge on any atom is 0.332 e. The summed E-state index contributed by atoms with van der Waals surface area (Å²) in [5, 5.41) is 9.48. The molecule has 0 aliphatic heterocycles. The number of carboxylic acids is 1. The molecule has 2 rings (SSSR count). The summed E-state index contributed by atoms with van der Waals surface area (Å²) in [7, 11) is 0. The molecule has 0 amide bonds. The Bertz CT molecular complexity index is 483. The summed E-state index contributed by atoms with van der Waals surface area (Å²) in [6, 6.07) is 9.94. The predicted molar refractivity (Wildman–Crippen MR) is 72.5 cm³/mol. The van der Waals surface area contributed by atoms with Crippen LogP contribution in [0, 0.1) is 0 Å². The van der Waals surface area contributed by atoms with Crippen LogP contribution in [0.25, 0.3) is 0 Å². The van der Waals surface area contributed by atoms with Crippen LogP contribution >= 0.6 is 0 Å². The molecule has 0 heterocycles. The summed E-state index contributed by atoms with van der Waals surface area (Å²) in [6.07, 6.45) is 6.71. The van der Waals surface area contributed by atoms with Gasteiger partial charge in [0.1, 0.15) is 0 Å². The first kappa shape index (κ1) is 12.6. The fraction of sp³-hybridized carbons (Fsp3) is 0.312. The van der Waals surface area contributed by atoms with Crippen molar-refractivity contribution in [2.75, 3.05) is 0 Å². The van der Waals surface area contributed by atoms with Crippen LogP contribution in [0.5, 0.6) is 0 Å². The second-order valence-corrected chi connectivity index (χ2v) is 4.60. The fourth-order valence-corrected chi connectivity index (χ4v) is 2.68. The molecule has 0 bridgehead atoms. The molecule has 0 aromatic heterocycles. The molecule has 2 nitrogen and oxygen atoms in total. The molecule has 94 valence electrons. The van der Waals surface area contributed by atoms with Crippen molar-refractivity contribution in [3.05, 3.63) is 59.2 Å². The zero-order valence-corrected chi connectivity index (χ0v) is 10.6. The van der Waals surface area contributed by atoms with E-state index in [2.05, 4.69) is 0 Å². The van der Waals surface area contributed by atoms with Gasteiger partial charge in [0.25, 0.3) is 0 Å². The van der Waals surface area contributed by atoms with Gasteiger partial charge < -0.3 is 5.11 Å². The molecule has 0 saturated heterocycles. The fourth-order valence-electron chi connectivity index (χ4n) is 2.68. The third-order valence-corrected chi connectivity index (χ3v) is 3.43. The van der Waals surface area contributed by atoms with Crippen LogP contribution in [0.15, 0.2) is 53.6 Å². The molecule has 1 N–H and O–H groups in total. The second-order valence-electron chi connectivity index (χ2n) is 4.60. The highest BCUT2D eigenvalue weighted by Crippen LogP contribution is 2.38. The molecule has 2 heteroatoms. The van der Waals surface area contributed by atoms with Crippen molar-refractivity contribution in [1.29, 1.82) is 0 Å². The van der Waals surface area contributed by atoms with E-state index in [1.54, 1.807) is 0 Å². The average Bonchev–Trinajstić information content (AvgIpc) is 2.39. The van der Waals surface area contributed by atoms with Gasteiger partial charge in [0.15, 0.2) is 0 Å². The van der Waals surface area contributed by atoms with Gasteiger partial charge in [-0.25, -0.2) is 4.79 Å². The minimum absolute atomic E-state index is 0.0312. The van der Waals surface area contributed by atoms with Gasteiger partial charge in [-0.1, -0.05) is 42.5 Å². The van der Waals surface area contributed by atoms with E-state index in [4.69, 9.17) is 0 Å². The first-order valence-electron chi connectivity index (χ1n) is 6.38. The van der Waals surface area contributed by atoms with Crippen molar-refractivity contribution in [3.8, 4) is 0 Å². The van der Waals surface area contributed by atoms with Gasteiger partial charge in [0, 0.05) is 11.5 Å². The van der Waals surface area contributed by atoms with E-state index in [0.29, 0.717) is 5.57 Å². The number of hydrogen-bond donors (Lipinski definition) is 1. The lowest BCUT2D eigenvalue weighted by molar-refractivity contribution is -0.133. The smallest absolute Gasteiger partial charge is 0.332 e. The number of carboxylic acid groups (broad SMARTS) is 1. The molecule has 1 aromatic carbocycles. The van der Waals surface area contributed by atoms with E-state index in [0.717, 1.165) is 30.4 Å². The quantitative estimate of drug-likeness (QED) is 0.872. The minimum atomic E-state index is -0.781. The SMILES string of the molecule is C/C=C/C1=C(C(=O)O)C(c2ccccc2)CCC1. The Kier molecular flexibility index (Phi) is 3.98. The maximum atomic E-state index is 11.5. The van der Waals surface area contributed by atoms with E-state index >= 15 is 0 Å². The van der Waals surface area contributed by atoms with Gasteiger partial charge in [-0.3, -0.25) is 0 Å². The van der Waals surface area contributed by atoms with Crippen LogP contribution < -0.4 is 0 Å². The average molecular weight is 242 g/mol. The lowest BCUT2D eigenvalue weighted by atomic mass is 9.78. The highest BCUT2D eigenvalue weighted by Gasteiger charge is 2.28. The number of aliphatic carboxylic acids is 1. The van der Waals surface area contributed by atoms with Crippen LogP contribution in [-0.4, -0.2) is 11.1 Å². The zero-order valence-electron chi connectivity index (χ0n) is 10.6. The molecule has 0 radical (unpaired) electrons. The van der Waals surface area contributed by atoms with E-state index in [1.807, 2.05) is 49.4 Å². The minimum Gasteiger partial charge on any atom is -0.478 e. The Balaban J connectivity index is 2.46. The number of benzene rings is 1. The van der Waals surface area contributed by atoms with Gasteiger partial charge in [-0.05, 0) is 37.3 Å². The zero-order chi connectivity index (χ0) is 13.0. The third-order valence-electron chi connectivity index (χ3n) is 3.43. The molecule has 1 aliphatic rings. The monoisotopic (exact) mass is 242 g/mol. The summed E-state index contributed by atoms with van der Waals surface area (Å²) in [6.45, 7) is 1.93. The van der Waals surface area contributed by atoms with E-state index < -0.39 is 5.97 Å². The molecule has 0 spiro atoms. The topological polar surface area (TPSA) is 37.3 Å². The number of rotatable bonds is 3. The van der Waals surface area contributed by atoms with Crippen molar-refractivity contribution >= 4 is 5.97 Å². The molecule has 18 heavy (non-hydrogen) atoms. The highest BCUT2D eigenvalue weighted by atomic mass is 16.4. The summed E-state index contributed by atoms with van der Waals surface area (Å²) in [5.74, 6) is -0.750. The van der Waals surface area contributed by atoms with Crippen LogP contribution in [0.1, 0.15) is 37.7 Å². The molecule has 1 aliphatic carbocycles. The first-order chi connectivity index (χ1) is 8.74. The van der Waals surface area contributed by atoms with Crippen molar-refractivity contribution in [3.63, 3.8) is 0 Å². The predicted octanol–water partition coefficient (Wildman–Crippen LogP) is 3.91. The summed E-state index contributed by atoms with van der Waals surface area (Å²) in [4.78, 5) is 11.5. The van der Waals surface area contributed by atoms with E-state index in [-0.39, 0.29) is 5.92 Å². The number of carbonyl (C=O) groups is 1. The first-order valence-corrected chi connectivity index (χ1v) is 6.38. The lowest BCUT2D eigenvalue weighted by Gasteiger charge is -2.25. The van der Waals surface area contributed by atoms with E-state index in [9.17, 15) is 9.90 Å². The standard InChI is InChI=1S/C16H18O2/c1-2-7-13-10-6-11-14(15(13)16(17)18)12-8-4-3-5-9-12/h2-5,7-9,14H,6,10-11H2,1H3,(H,17,18)/b7-2+. The Labute approximate surface area is 108 Å². The Morgan fingerprint density at radius 2 is 2.06 bits per heavy atom. The molecule has 1 atom stereocenters. The molecular formula is C16H18O2. The van der Waals surface area contributed by atoms with Gasteiger partial charge in [0.2, 0.25) is 0 Å². The molecule has 0 saturated carbocycles. The lowest BCUT2D eigenvalue weighted by Crippen LogP contribution is -2.17. The van der Waals surface area contributed by atoms with Crippen molar-refractivity contribution < 1.29 is 9.90 Å². The van der Waals surface area contributed by atoms with Gasteiger partial charge in [-0.2, -0.15) is 0 Å². The van der Waals surface area contributed by atoms with Crippen LogP contribution in [0.3, 0.4) is 0 Å².